The van der Waals surface area contributed by atoms with E-state index in [1.807, 2.05) is 0 Å². The van der Waals surface area contributed by atoms with E-state index in [1.165, 1.54) is 35.1 Å². The van der Waals surface area contributed by atoms with Gasteiger partial charge in [-0.1, -0.05) is 0 Å². The fraction of sp³-hybridized carbons (Fsp3) is 0.214. The molecule has 1 amide bonds. The smallest absolute Gasteiger partial charge is 0.308 e. The van der Waals surface area contributed by atoms with Crippen LogP contribution in [0, 0.1) is 5.82 Å². The van der Waals surface area contributed by atoms with Crippen LogP contribution in [0.1, 0.15) is 16.9 Å². The standard InChI is InChI=1S/C14H12FN3O4/c15-8-1-3-10(4-2-8)18-6-11(19)13(17-18)14(21)16-9-5-12(20)22-7-9/h1-4,6,9,19H,5,7H2,(H,16,21)/t9-/m0/s1. The number of esters is 1. The Morgan fingerprint density at radius 1 is 1.41 bits per heavy atom. The van der Waals surface area contributed by atoms with Crippen LogP contribution in [0.25, 0.3) is 5.69 Å². The molecule has 1 aromatic heterocycles. The minimum atomic E-state index is -0.610. The van der Waals surface area contributed by atoms with Crippen LogP contribution in [0.4, 0.5) is 4.39 Å². The molecule has 8 heteroatoms. The van der Waals surface area contributed by atoms with Crippen molar-refractivity contribution in [2.45, 2.75) is 12.5 Å². The summed E-state index contributed by atoms with van der Waals surface area (Å²) in [5, 5.41) is 16.4. The van der Waals surface area contributed by atoms with Crippen LogP contribution in [0.15, 0.2) is 30.5 Å². The van der Waals surface area contributed by atoms with Crippen LogP contribution in [0.5, 0.6) is 5.75 Å². The van der Waals surface area contributed by atoms with Gasteiger partial charge in [-0.25, -0.2) is 9.07 Å². The number of nitrogens with one attached hydrogen (secondary N) is 1. The number of ether oxygens (including phenoxy) is 1. The molecule has 0 radical (unpaired) electrons. The summed E-state index contributed by atoms with van der Waals surface area (Å²) in [4.78, 5) is 23.0. The second kappa shape index (κ2) is 5.47. The average molecular weight is 305 g/mol. The number of cyclic esters (lactones) is 1. The van der Waals surface area contributed by atoms with Crippen LogP contribution < -0.4 is 5.32 Å². The van der Waals surface area contributed by atoms with Gasteiger partial charge < -0.3 is 15.2 Å². The molecule has 114 valence electrons. The van der Waals surface area contributed by atoms with Gasteiger partial charge in [0.25, 0.3) is 5.91 Å². The molecule has 0 saturated carbocycles. The van der Waals surface area contributed by atoms with E-state index in [0.29, 0.717) is 5.69 Å². The van der Waals surface area contributed by atoms with Crippen LogP contribution in [0.2, 0.25) is 0 Å². The molecule has 1 aliphatic rings. The van der Waals surface area contributed by atoms with Gasteiger partial charge >= 0.3 is 5.97 Å². The van der Waals surface area contributed by atoms with E-state index in [2.05, 4.69) is 10.4 Å². The Bertz CT molecular complexity index is 726. The molecule has 0 aliphatic carbocycles. The van der Waals surface area contributed by atoms with Gasteiger partial charge in [-0.05, 0) is 24.3 Å². The summed E-state index contributed by atoms with van der Waals surface area (Å²) in [5.74, 6) is -1.70. The van der Waals surface area contributed by atoms with Gasteiger partial charge in [0.15, 0.2) is 11.4 Å². The number of amides is 1. The van der Waals surface area contributed by atoms with Crippen LogP contribution in [-0.4, -0.2) is 39.4 Å². The molecular formula is C14H12FN3O4. The minimum Gasteiger partial charge on any atom is -0.504 e. The number of hydrogen-bond donors (Lipinski definition) is 2. The summed E-state index contributed by atoms with van der Waals surface area (Å²) < 4.78 is 18.9. The molecule has 0 bridgehead atoms. The number of hydrogen-bond acceptors (Lipinski definition) is 5. The predicted molar refractivity (Wildman–Crippen MR) is 72.0 cm³/mol. The summed E-state index contributed by atoms with van der Waals surface area (Å²) >= 11 is 0. The lowest BCUT2D eigenvalue weighted by molar-refractivity contribution is -0.137. The lowest BCUT2D eigenvalue weighted by Crippen LogP contribution is -2.35. The number of nitrogens with zero attached hydrogens (tertiary/aromatic N) is 2. The van der Waals surface area contributed by atoms with Gasteiger partial charge in [0.05, 0.1) is 24.3 Å². The maximum Gasteiger partial charge on any atom is 0.308 e. The summed E-state index contributed by atoms with van der Waals surface area (Å²) in [6, 6.07) is 4.99. The van der Waals surface area contributed by atoms with E-state index in [0.717, 1.165) is 0 Å². The van der Waals surface area contributed by atoms with Gasteiger partial charge in [-0.15, -0.1) is 0 Å². The van der Waals surface area contributed by atoms with Crippen LogP contribution >= 0.6 is 0 Å². The quantitative estimate of drug-likeness (QED) is 0.817. The molecule has 3 rings (SSSR count). The number of halogens is 1. The normalized spacial score (nSPS) is 17.3. The zero-order chi connectivity index (χ0) is 15.7. The van der Waals surface area contributed by atoms with Crippen molar-refractivity contribution in [3.63, 3.8) is 0 Å². The monoisotopic (exact) mass is 305 g/mol. The van der Waals surface area contributed by atoms with E-state index in [1.54, 1.807) is 0 Å². The molecular weight excluding hydrogens is 293 g/mol. The van der Waals surface area contributed by atoms with Crippen molar-refractivity contribution >= 4 is 11.9 Å². The van der Waals surface area contributed by atoms with Crippen molar-refractivity contribution < 1.29 is 23.8 Å². The van der Waals surface area contributed by atoms with Gasteiger partial charge in [0.2, 0.25) is 0 Å². The highest BCUT2D eigenvalue weighted by Gasteiger charge is 2.27. The third-order valence-electron chi connectivity index (χ3n) is 3.19. The van der Waals surface area contributed by atoms with Crippen molar-refractivity contribution in [3.05, 3.63) is 42.0 Å². The lowest BCUT2D eigenvalue weighted by Gasteiger charge is -2.07. The van der Waals surface area contributed by atoms with Crippen molar-refractivity contribution in [2.24, 2.45) is 0 Å². The fourth-order valence-corrected chi connectivity index (χ4v) is 2.11. The minimum absolute atomic E-state index is 0.0885. The zero-order valence-electron chi connectivity index (χ0n) is 11.3. The third kappa shape index (κ3) is 2.76. The SMILES string of the molecule is O=C1C[C@H](NC(=O)c2nn(-c3ccc(F)cc3)cc2O)CO1. The summed E-state index contributed by atoms with van der Waals surface area (Å²) in [6.45, 7) is 0.101. The number of aromatic hydroxyl groups is 1. The van der Waals surface area contributed by atoms with E-state index in [9.17, 15) is 19.1 Å². The molecule has 1 aliphatic heterocycles. The fourth-order valence-electron chi connectivity index (χ4n) is 2.11. The van der Waals surface area contributed by atoms with Crippen LogP contribution in [0.3, 0.4) is 0 Å². The first-order valence-electron chi connectivity index (χ1n) is 6.54. The Morgan fingerprint density at radius 3 is 2.77 bits per heavy atom. The van der Waals surface area contributed by atoms with Crippen LogP contribution in [-0.2, 0) is 9.53 Å². The summed E-state index contributed by atoms with van der Waals surface area (Å²) in [6.07, 6.45) is 1.34. The highest BCUT2D eigenvalue weighted by Crippen LogP contribution is 2.19. The molecule has 2 heterocycles. The lowest BCUT2D eigenvalue weighted by atomic mass is 10.2. The van der Waals surface area contributed by atoms with Crippen molar-refractivity contribution in [1.82, 2.24) is 15.1 Å². The molecule has 2 N–H and O–H groups in total. The molecule has 1 saturated heterocycles. The first-order valence-corrected chi connectivity index (χ1v) is 6.54. The highest BCUT2D eigenvalue weighted by atomic mass is 19.1. The third-order valence-corrected chi connectivity index (χ3v) is 3.19. The Labute approximate surface area is 124 Å². The largest absolute Gasteiger partial charge is 0.504 e. The maximum atomic E-state index is 12.9. The van der Waals surface area contributed by atoms with Crippen molar-refractivity contribution in [1.29, 1.82) is 0 Å². The number of carbonyl (C=O) groups excluding carboxylic acids is 2. The first kappa shape index (κ1) is 14.1. The summed E-state index contributed by atoms with van der Waals surface area (Å²) in [7, 11) is 0. The number of rotatable bonds is 3. The van der Waals surface area contributed by atoms with Gasteiger partial charge in [0.1, 0.15) is 12.4 Å². The highest BCUT2D eigenvalue weighted by molar-refractivity contribution is 5.95. The second-order valence-corrected chi connectivity index (χ2v) is 4.84. The Hall–Kier alpha value is -2.90. The first-order chi connectivity index (χ1) is 10.5. The van der Waals surface area contributed by atoms with Crippen molar-refractivity contribution in [2.75, 3.05) is 6.61 Å². The van der Waals surface area contributed by atoms with Crippen molar-refractivity contribution in [3.8, 4) is 11.4 Å². The zero-order valence-corrected chi connectivity index (χ0v) is 11.3. The number of carbonyl (C=O) groups is 2. The van der Waals surface area contributed by atoms with E-state index >= 15 is 0 Å². The predicted octanol–water partition coefficient (Wildman–Crippen LogP) is 0.762. The molecule has 1 atom stereocenters. The molecule has 7 nitrogen and oxygen atoms in total. The maximum absolute atomic E-state index is 12.9. The average Bonchev–Trinajstić information content (AvgIpc) is 3.06. The van der Waals surface area contributed by atoms with Gasteiger partial charge in [-0.3, -0.25) is 9.59 Å². The Balaban J connectivity index is 1.78. The Morgan fingerprint density at radius 2 is 2.14 bits per heavy atom. The molecule has 22 heavy (non-hydrogen) atoms. The Kier molecular flexibility index (Phi) is 3.50. The molecule has 2 aromatic rings. The van der Waals surface area contributed by atoms with Gasteiger partial charge in [-0.2, -0.15) is 5.10 Å². The molecule has 0 spiro atoms. The molecule has 0 unspecified atom stereocenters. The second-order valence-electron chi connectivity index (χ2n) is 4.84. The molecule has 1 fully saturated rings. The van der Waals surface area contributed by atoms with E-state index in [4.69, 9.17) is 4.74 Å². The number of aromatic nitrogens is 2. The number of benzene rings is 1. The van der Waals surface area contributed by atoms with E-state index in [-0.39, 0.29) is 30.4 Å². The molecule has 1 aromatic carbocycles. The van der Waals surface area contributed by atoms with Gasteiger partial charge in [0, 0.05) is 0 Å². The van der Waals surface area contributed by atoms with E-state index < -0.39 is 17.8 Å². The summed E-state index contributed by atoms with van der Waals surface area (Å²) in [5.41, 5.74) is 0.318. The topological polar surface area (TPSA) is 93.5 Å².